The molecule has 1 nitrogen and oxygen atoms in total. The van der Waals surface area contributed by atoms with Gasteiger partial charge < -0.3 is 0 Å². The number of hydrogen-bond donors (Lipinski definition) is 0. The van der Waals surface area contributed by atoms with E-state index in [4.69, 9.17) is 0 Å². The molecule has 1 heteroatoms. The van der Waals surface area contributed by atoms with Crippen molar-refractivity contribution in [3.05, 3.63) is 35.4 Å². The zero-order chi connectivity index (χ0) is 13.1. The Morgan fingerprint density at radius 3 is 2.58 bits per heavy atom. The number of rotatable bonds is 2. The lowest BCUT2D eigenvalue weighted by Gasteiger charge is -2.32. The van der Waals surface area contributed by atoms with Crippen LogP contribution in [0.3, 0.4) is 0 Å². The molecular weight excluding hydrogens is 230 g/mol. The third kappa shape index (κ3) is 3.20. The van der Waals surface area contributed by atoms with Gasteiger partial charge in [0.2, 0.25) is 0 Å². The van der Waals surface area contributed by atoms with Gasteiger partial charge in [-0.25, -0.2) is 0 Å². The summed E-state index contributed by atoms with van der Waals surface area (Å²) in [6, 6.07) is 9.76. The molecule has 1 aliphatic heterocycles. The minimum absolute atomic E-state index is 0.713. The summed E-state index contributed by atoms with van der Waals surface area (Å²) in [6.07, 6.45) is 9.82. The fourth-order valence-corrected chi connectivity index (χ4v) is 3.90. The maximum atomic E-state index is 2.76. The van der Waals surface area contributed by atoms with Crippen molar-refractivity contribution in [2.45, 2.75) is 57.9 Å². The molecule has 1 atom stereocenters. The van der Waals surface area contributed by atoms with Crippen LogP contribution in [0.4, 0.5) is 0 Å². The third-order valence-corrected chi connectivity index (χ3v) is 5.14. The molecule has 2 aliphatic rings. The Morgan fingerprint density at radius 2 is 1.79 bits per heavy atom. The summed E-state index contributed by atoms with van der Waals surface area (Å²) in [5, 5.41) is 0. The zero-order valence-electron chi connectivity index (χ0n) is 12.3. The van der Waals surface area contributed by atoms with Crippen LogP contribution in [0.15, 0.2) is 24.3 Å². The van der Waals surface area contributed by atoms with Gasteiger partial charge in [-0.3, -0.25) is 4.90 Å². The van der Waals surface area contributed by atoms with Crippen LogP contribution in [0.1, 0.15) is 50.2 Å². The van der Waals surface area contributed by atoms with E-state index in [0.29, 0.717) is 6.04 Å². The molecule has 0 unspecified atom stereocenters. The SMILES string of the molecule is C[C@H]1Cc2ccccc2CCN1CC1CCCCC1. The highest BCUT2D eigenvalue weighted by Gasteiger charge is 2.23. The Kier molecular flexibility index (Phi) is 4.22. The minimum Gasteiger partial charge on any atom is -0.300 e. The summed E-state index contributed by atoms with van der Waals surface area (Å²) < 4.78 is 0. The van der Waals surface area contributed by atoms with Gasteiger partial charge in [0.05, 0.1) is 0 Å². The van der Waals surface area contributed by atoms with Gasteiger partial charge in [0.1, 0.15) is 0 Å². The normalized spacial score (nSPS) is 25.8. The van der Waals surface area contributed by atoms with Crippen LogP contribution in [-0.4, -0.2) is 24.0 Å². The fraction of sp³-hybridized carbons (Fsp3) is 0.667. The van der Waals surface area contributed by atoms with Gasteiger partial charge in [-0.2, -0.15) is 0 Å². The highest BCUT2D eigenvalue weighted by Crippen LogP contribution is 2.27. The number of benzene rings is 1. The van der Waals surface area contributed by atoms with E-state index in [0.717, 1.165) is 5.92 Å². The highest BCUT2D eigenvalue weighted by atomic mass is 15.2. The average molecular weight is 257 g/mol. The second kappa shape index (κ2) is 6.09. The van der Waals surface area contributed by atoms with Crippen molar-refractivity contribution >= 4 is 0 Å². The van der Waals surface area contributed by atoms with Gasteiger partial charge in [0.15, 0.2) is 0 Å². The van der Waals surface area contributed by atoms with E-state index in [9.17, 15) is 0 Å². The standard InChI is InChI=1S/C18H27N/c1-15-13-18-10-6-5-9-17(18)11-12-19(15)14-16-7-3-2-4-8-16/h5-6,9-10,15-16H,2-4,7-8,11-14H2,1H3/t15-/m0/s1. The van der Waals surface area contributed by atoms with Gasteiger partial charge in [0, 0.05) is 19.1 Å². The molecule has 0 radical (unpaired) electrons. The molecule has 1 fully saturated rings. The predicted octanol–water partition coefficient (Wildman–Crippen LogP) is 4.06. The van der Waals surface area contributed by atoms with Gasteiger partial charge in [0.25, 0.3) is 0 Å². The van der Waals surface area contributed by atoms with Crippen LogP contribution in [0.2, 0.25) is 0 Å². The van der Waals surface area contributed by atoms with Crippen molar-refractivity contribution in [1.29, 1.82) is 0 Å². The van der Waals surface area contributed by atoms with Gasteiger partial charge >= 0.3 is 0 Å². The molecule has 1 aliphatic carbocycles. The van der Waals surface area contributed by atoms with Crippen LogP contribution in [-0.2, 0) is 12.8 Å². The van der Waals surface area contributed by atoms with Gasteiger partial charge in [-0.05, 0) is 49.7 Å². The molecule has 1 aromatic rings. The van der Waals surface area contributed by atoms with Crippen LogP contribution < -0.4 is 0 Å². The van der Waals surface area contributed by atoms with Crippen molar-refractivity contribution in [3.63, 3.8) is 0 Å². The largest absolute Gasteiger partial charge is 0.300 e. The molecule has 0 bridgehead atoms. The van der Waals surface area contributed by atoms with E-state index >= 15 is 0 Å². The number of hydrogen-bond acceptors (Lipinski definition) is 1. The van der Waals surface area contributed by atoms with E-state index in [1.165, 1.54) is 58.0 Å². The van der Waals surface area contributed by atoms with Crippen LogP contribution in [0, 0.1) is 5.92 Å². The Bertz CT molecular complexity index is 406. The summed E-state index contributed by atoms with van der Waals surface area (Å²) >= 11 is 0. The molecule has 1 aromatic carbocycles. The topological polar surface area (TPSA) is 3.24 Å². The second-order valence-corrected chi connectivity index (χ2v) is 6.57. The monoisotopic (exact) mass is 257 g/mol. The molecular formula is C18H27N. The lowest BCUT2D eigenvalue weighted by atomic mass is 9.88. The molecule has 19 heavy (non-hydrogen) atoms. The second-order valence-electron chi connectivity index (χ2n) is 6.57. The molecule has 1 heterocycles. The van der Waals surface area contributed by atoms with E-state index in [1.54, 1.807) is 11.1 Å². The van der Waals surface area contributed by atoms with Crippen molar-refractivity contribution < 1.29 is 0 Å². The first-order valence-corrected chi connectivity index (χ1v) is 8.14. The molecule has 0 saturated heterocycles. The molecule has 0 aromatic heterocycles. The van der Waals surface area contributed by atoms with Crippen molar-refractivity contribution in [2.24, 2.45) is 5.92 Å². The summed E-state index contributed by atoms with van der Waals surface area (Å²) in [7, 11) is 0. The maximum absolute atomic E-state index is 2.76. The van der Waals surface area contributed by atoms with Crippen molar-refractivity contribution in [3.8, 4) is 0 Å². The molecule has 1 saturated carbocycles. The fourth-order valence-electron chi connectivity index (χ4n) is 3.90. The zero-order valence-corrected chi connectivity index (χ0v) is 12.3. The van der Waals surface area contributed by atoms with E-state index in [1.807, 2.05) is 0 Å². The lowest BCUT2D eigenvalue weighted by Crippen LogP contribution is -2.38. The van der Waals surface area contributed by atoms with E-state index in [-0.39, 0.29) is 0 Å². The lowest BCUT2D eigenvalue weighted by molar-refractivity contribution is 0.162. The summed E-state index contributed by atoms with van der Waals surface area (Å²) in [5.74, 6) is 0.970. The molecule has 104 valence electrons. The first-order valence-electron chi connectivity index (χ1n) is 8.14. The van der Waals surface area contributed by atoms with Crippen LogP contribution in [0.5, 0.6) is 0 Å². The van der Waals surface area contributed by atoms with Gasteiger partial charge in [-0.1, -0.05) is 43.5 Å². The predicted molar refractivity (Wildman–Crippen MR) is 81.5 cm³/mol. The molecule has 0 N–H and O–H groups in total. The molecule has 0 amide bonds. The Labute approximate surface area is 118 Å². The molecule has 0 spiro atoms. The molecule has 3 rings (SSSR count). The quantitative estimate of drug-likeness (QED) is 0.772. The Balaban J connectivity index is 1.65. The maximum Gasteiger partial charge on any atom is 0.0108 e. The van der Waals surface area contributed by atoms with Crippen molar-refractivity contribution in [2.75, 3.05) is 13.1 Å². The van der Waals surface area contributed by atoms with Crippen molar-refractivity contribution in [1.82, 2.24) is 4.90 Å². The number of nitrogens with zero attached hydrogens (tertiary/aromatic N) is 1. The summed E-state index contributed by atoms with van der Waals surface area (Å²) in [6.45, 7) is 5.02. The summed E-state index contributed by atoms with van der Waals surface area (Å²) in [5.41, 5.74) is 3.17. The summed E-state index contributed by atoms with van der Waals surface area (Å²) in [4.78, 5) is 2.76. The van der Waals surface area contributed by atoms with Crippen LogP contribution >= 0.6 is 0 Å². The first-order chi connectivity index (χ1) is 9.33. The number of fused-ring (bicyclic) bond motifs is 1. The Hall–Kier alpha value is -0.820. The smallest absolute Gasteiger partial charge is 0.0108 e. The first kappa shape index (κ1) is 13.2. The van der Waals surface area contributed by atoms with Gasteiger partial charge in [-0.15, -0.1) is 0 Å². The van der Waals surface area contributed by atoms with E-state index < -0.39 is 0 Å². The van der Waals surface area contributed by atoms with E-state index in [2.05, 4.69) is 36.1 Å². The average Bonchev–Trinajstić information content (AvgIpc) is 2.60. The minimum atomic E-state index is 0.713. The Morgan fingerprint density at radius 1 is 1.05 bits per heavy atom. The van der Waals surface area contributed by atoms with Crippen LogP contribution in [0.25, 0.3) is 0 Å². The highest BCUT2D eigenvalue weighted by molar-refractivity contribution is 5.29. The third-order valence-electron chi connectivity index (χ3n) is 5.14.